The van der Waals surface area contributed by atoms with Gasteiger partial charge in [-0.25, -0.2) is 0 Å². The van der Waals surface area contributed by atoms with Crippen molar-refractivity contribution in [3.05, 3.63) is 0 Å². The number of hydrogen-bond acceptors (Lipinski definition) is 4. The summed E-state index contributed by atoms with van der Waals surface area (Å²) < 4.78 is 27.0. The zero-order valence-corrected chi connectivity index (χ0v) is 13.0. The fraction of sp³-hybridized carbons (Fsp3) is 0.833. The van der Waals surface area contributed by atoms with Crippen LogP contribution < -0.4 is 0 Å². The second-order valence-corrected chi connectivity index (χ2v) is 7.25. The summed E-state index contributed by atoms with van der Waals surface area (Å²) in [6, 6.07) is 0. The van der Waals surface area contributed by atoms with Crippen molar-refractivity contribution in [3.63, 3.8) is 0 Å². The van der Waals surface area contributed by atoms with Gasteiger partial charge < -0.3 is 10.2 Å². The normalized spacial score (nSPS) is 24.1. The smallest absolute Gasteiger partial charge is 0.308 e. The van der Waals surface area contributed by atoms with E-state index in [1.54, 1.807) is 0 Å². The fourth-order valence-corrected chi connectivity index (χ4v) is 3.81. The number of carbonyl (C=O) groups is 2. The van der Waals surface area contributed by atoms with Gasteiger partial charge in [-0.1, -0.05) is 13.3 Å². The summed E-state index contributed by atoms with van der Waals surface area (Å²) in [5.74, 6) is -4.74. The predicted molar refractivity (Wildman–Crippen MR) is 74.9 cm³/mol. The molecule has 0 amide bonds. The van der Waals surface area contributed by atoms with Crippen molar-refractivity contribution in [2.45, 2.75) is 26.2 Å². The van der Waals surface area contributed by atoms with Crippen LogP contribution in [0.15, 0.2) is 0 Å². The van der Waals surface area contributed by atoms with Gasteiger partial charge in [-0.05, 0) is 12.8 Å². The van der Waals surface area contributed by atoms with Gasteiger partial charge in [0.2, 0.25) is 0 Å². The van der Waals surface area contributed by atoms with Gasteiger partial charge in [-0.3, -0.25) is 9.59 Å². The van der Waals surface area contributed by atoms with E-state index in [2.05, 4.69) is 0 Å². The minimum absolute atomic E-state index is 0.00709. The Labute approximate surface area is 124 Å². The van der Waals surface area contributed by atoms with Gasteiger partial charge in [0, 0.05) is 26.7 Å². The van der Waals surface area contributed by atoms with Crippen LogP contribution in [0.25, 0.3) is 0 Å². The Balaban J connectivity index is 2.86. The summed E-state index contributed by atoms with van der Waals surface area (Å²) in [5, 5.41) is 18.2. The topological polar surface area (TPSA) is 115 Å². The Morgan fingerprint density at radius 2 is 1.81 bits per heavy atom. The maximum atomic E-state index is 12.3. The number of nitrogens with zero attached hydrogens (tertiary/aromatic N) is 2. The Kier molecular flexibility index (Phi) is 6.11. The van der Waals surface area contributed by atoms with E-state index < -0.39 is 34.0 Å². The van der Waals surface area contributed by atoms with E-state index in [4.69, 9.17) is 10.2 Å². The van der Waals surface area contributed by atoms with Crippen LogP contribution in [-0.2, 0) is 19.8 Å². The summed E-state index contributed by atoms with van der Waals surface area (Å²) in [6.07, 6.45) is 1.57. The first-order chi connectivity index (χ1) is 9.71. The lowest BCUT2D eigenvalue weighted by Gasteiger charge is -2.35. The molecule has 1 aliphatic rings. The van der Waals surface area contributed by atoms with Crippen LogP contribution in [0.2, 0.25) is 0 Å². The minimum Gasteiger partial charge on any atom is -0.481 e. The van der Waals surface area contributed by atoms with E-state index in [0.29, 0.717) is 13.0 Å². The molecule has 9 heteroatoms. The molecular formula is C12H22N2O6S. The molecule has 1 rings (SSSR count). The fourth-order valence-electron chi connectivity index (χ4n) is 2.37. The van der Waals surface area contributed by atoms with E-state index >= 15 is 0 Å². The molecule has 21 heavy (non-hydrogen) atoms. The second kappa shape index (κ2) is 7.19. The average Bonchev–Trinajstić information content (AvgIpc) is 2.43. The summed E-state index contributed by atoms with van der Waals surface area (Å²) in [7, 11) is -2.29. The number of unbranched alkanes of at least 4 members (excludes halogenated alkanes) is 1. The number of aliphatic carboxylic acids is 2. The molecule has 2 atom stereocenters. The maximum absolute atomic E-state index is 12.3. The molecule has 0 spiro atoms. The molecule has 1 aliphatic heterocycles. The van der Waals surface area contributed by atoms with Crippen molar-refractivity contribution in [2.75, 3.05) is 26.7 Å². The van der Waals surface area contributed by atoms with Crippen molar-refractivity contribution in [2.24, 2.45) is 11.8 Å². The third-order valence-corrected chi connectivity index (χ3v) is 5.71. The Hall–Kier alpha value is -1.19. The molecular weight excluding hydrogens is 300 g/mol. The molecule has 1 saturated heterocycles. The zero-order valence-electron chi connectivity index (χ0n) is 12.2. The third-order valence-electron chi connectivity index (χ3n) is 3.76. The van der Waals surface area contributed by atoms with Gasteiger partial charge in [0.15, 0.2) is 0 Å². The number of carboxylic acid groups (broad SMARTS) is 2. The standard InChI is InChI=1S/C12H22N2O6S/c1-3-4-6-13(2)21(19,20)14-7-5-9(11(15)16)10(8-14)12(17)18/h9-10H,3-8H2,1-2H3,(H,15,16)(H,17,18). The van der Waals surface area contributed by atoms with Crippen molar-refractivity contribution in [1.29, 1.82) is 0 Å². The summed E-state index contributed by atoms with van der Waals surface area (Å²) in [4.78, 5) is 22.2. The molecule has 122 valence electrons. The van der Waals surface area contributed by atoms with Crippen LogP contribution in [0.1, 0.15) is 26.2 Å². The minimum atomic E-state index is -3.74. The summed E-state index contributed by atoms with van der Waals surface area (Å²) >= 11 is 0. The first-order valence-corrected chi connectivity index (χ1v) is 8.28. The Bertz CT molecular complexity index is 492. The first kappa shape index (κ1) is 17.9. The maximum Gasteiger partial charge on any atom is 0.308 e. The molecule has 2 unspecified atom stereocenters. The van der Waals surface area contributed by atoms with Crippen molar-refractivity contribution in [1.82, 2.24) is 8.61 Å². The monoisotopic (exact) mass is 322 g/mol. The molecule has 0 saturated carbocycles. The molecule has 0 aromatic carbocycles. The second-order valence-electron chi connectivity index (χ2n) is 5.22. The molecule has 0 bridgehead atoms. The highest BCUT2D eigenvalue weighted by atomic mass is 32.2. The molecule has 1 heterocycles. The lowest BCUT2D eigenvalue weighted by molar-refractivity contribution is -0.156. The molecule has 1 fully saturated rings. The number of hydrogen-bond donors (Lipinski definition) is 2. The molecule has 0 aromatic rings. The summed E-state index contributed by atoms with van der Waals surface area (Å²) in [6.45, 7) is 2.03. The predicted octanol–water partition coefficient (Wildman–Crippen LogP) is 0.0704. The van der Waals surface area contributed by atoms with Crippen LogP contribution in [0, 0.1) is 11.8 Å². The van der Waals surface area contributed by atoms with E-state index in [9.17, 15) is 18.0 Å². The Morgan fingerprint density at radius 1 is 1.24 bits per heavy atom. The van der Waals surface area contributed by atoms with Gasteiger partial charge in [0.25, 0.3) is 10.2 Å². The van der Waals surface area contributed by atoms with Crippen LogP contribution in [-0.4, -0.2) is 65.9 Å². The SMILES string of the molecule is CCCCN(C)S(=O)(=O)N1CCC(C(=O)O)C(C(=O)O)C1. The van der Waals surface area contributed by atoms with Crippen LogP contribution in [0.4, 0.5) is 0 Å². The molecule has 8 nitrogen and oxygen atoms in total. The average molecular weight is 322 g/mol. The number of carboxylic acids is 2. The van der Waals surface area contributed by atoms with Gasteiger partial charge in [0.1, 0.15) is 0 Å². The molecule has 0 radical (unpaired) electrons. The summed E-state index contributed by atoms with van der Waals surface area (Å²) in [5.41, 5.74) is 0. The highest BCUT2D eigenvalue weighted by Crippen LogP contribution is 2.27. The van der Waals surface area contributed by atoms with Gasteiger partial charge in [-0.2, -0.15) is 17.0 Å². The lowest BCUT2D eigenvalue weighted by Crippen LogP contribution is -2.52. The van der Waals surface area contributed by atoms with E-state index in [1.165, 1.54) is 11.4 Å². The number of rotatable bonds is 7. The van der Waals surface area contributed by atoms with Gasteiger partial charge >= 0.3 is 11.9 Å². The first-order valence-electron chi connectivity index (χ1n) is 6.88. The highest BCUT2D eigenvalue weighted by Gasteiger charge is 2.42. The van der Waals surface area contributed by atoms with Crippen molar-refractivity contribution >= 4 is 22.1 Å². The van der Waals surface area contributed by atoms with Gasteiger partial charge in [-0.15, -0.1) is 0 Å². The quantitative estimate of drug-likeness (QED) is 0.685. The largest absolute Gasteiger partial charge is 0.481 e. The van der Waals surface area contributed by atoms with Crippen molar-refractivity contribution < 1.29 is 28.2 Å². The van der Waals surface area contributed by atoms with Crippen LogP contribution in [0.3, 0.4) is 0 Å². The molecule has 0 aliphatic carbocycles. The van der Waals surface area contributed by atoms with Gasteiger partial charge in [0.05, 0.1) is 11.8 Å². The van der Waals surface area contributed by atoms with Crippen LogP contribution >= 0.6 is 0 Å². The Morgan fingerprint density at radius 3 is 2.29 bits per heavy atom. The lowest BCUT2D eigenvalue weighted by atomic mass is 9.86. The molecule has 2 N–H and O–H groups in total. The van der Waals surface area contributed by atoms with Crippen molar-refractivity contribution in [3.8, 4) is 0 Å². The van der Waals surface area contributed by atoms with E-state index in [0.717, 1.165) is 10.7 Å². The van der Waals surface area contributed by atoms with Crippen LogP contribution in [0.5, 0.6) is 0 Å². The van der Waals surface area contributed by atoms with E-state index in [-0.39, 0.29) is 19.5 Å². The zero-order chi connectivity index (χ0) is 16.2. The van der Waals surface area contributed by atoms with E-state index in [1.807, 2.05) is 6.92 Å². The third kappa shape index (κ3) is 4.14. The number of piperidine rings is 1. The highest BCUT2D eigenvalue weighted by molar-refractivity contribution is 7.86. The molecule has 0 aromatic heterocycles.